The highest BCUT2D eigenvalue weighted by Crippen LogP contribution is 2.25. The molecule has 0 aliphatic heterocycles. The van der Waals surface area contributed by atoms with Gasteiger partial charge in [-0.3, -0.25) is 9.59 Å². The smallest absolute Gasteiger partial charge is 0.260 e. The Morgan fingerprint density at radius 1 is 1.35 bits per heavy atom. The largest absolute Gasteiger partial charge is 0.325 e. The van der Waals surface area contributed by atoms with Crippen LogP contribution in [0.5, 0.6) is 0 Å². The molecule has 1 amide bonds. The van der Waals surface area contributed by atoms with E-state index >= 15 is 0 Å². The first-order valence-corrected chi connectivity index (χ1v) is 8.93. The van der Waals surface area contributed by atoms with Gasteiger partial charge in [-0.1, -0.05) is 36.9 Å². The van der Waals surface area contributed by atoms with Crippen molar-refractivity contribution in [2.75, 3.05) is 5.32 Å². The van der Waals surface area contributed by atoms with Crippen molar-refractivity contribution < 1.29 is 4.79 Å². The molecule has 1 aromatic carbocycles. The number of H-pyrrole nitrogens is 1. The minimum Gasteiger partial charge on any atom is -0.325 e. The van der Waals surface area contributed by atoms with Crippen LogP contribution in [0.25, 0.3) is 10.2 Å². The van der Waals surface area contributed by atoms with E-state index in [0.717, 1.165) is 5.69 Å². The highest BCUT2D eigenvalue weighted by Gasteiger charge is 2.20. The maximum Gasteiger partial charge on any atom is 0.260 e. The Morgan fingerprint density at radius 2 is 2.13 bits per heavy atom. The highest BCUT2D eigenvalue weighted by atomic mass is 32.2. The molecule has 2 aromatic heterocycles. The van der Waals surface area contributed by atoms with Crippen LogP contribution in [-0.2, 0) is 4.79 Å². The standard InChI is InChI=1S/C16H15N3O2S2/c1-2-12(14(21)17-10-6-4-3-5-7-10)23-16-18-13(20)11-8-9-22-15(11)19-16/h3-9,12H,2H2,1H3,(H,17,21)(H,18,19,20)/t12-/m1/s1. The molecule has 0 spiro atoms. The first-order valence-electron chi connectivity index (χ1n) is 7.17. The second-order valence-corrected chi connectivity index (χ2v) is 6.97. The molecular weight excluding hydrogens is 330 g/mol. The highest BCUT2D eigenvalue weighted by molar-refractivity contribution is 8.00. The second kappa shape index (κ2) is 6.97. The number of aromatic amines is 1. The minimum atomic E-state index is -0.323. The van der Waals surface area contributed by atoms with Crippen LogP contribution >= 0.6 is 23.1 Å². The number of para-hydroxylation sites is 1. The molecule has 7 heteroatoms. The molecule has 118 valence electrons. The van der Waals surface area contributed by atoms with Gasteiger partial charge in [0.1, 0.15) is 4.83 Å². The number of hydrogen-bond acceptors (Lipinski definition) is 5. The van der Waals surface area contributed by atoms with Gasteiger partial charge in [-0.15, -0.1) is 11.3 Å². The number of nitrogens with zero attached hydrogens (tertiary/aromatic N) is 1. The summed E-state index contributed by atoms with van der Waals surface area (Å²) in [6.07, 6.45) is 0.634. The molecule has 0 radical (unpaired) electrons. The number of carbonyl (C=O) groups is 1. The van der Waals surface area contributed by atoms with Crippen molar-refractivity contribution in [1.82, 2.24) is 9.97 Å². The molecule has 0 unspecified atom stereocenters. The molecule has 0 bridgehead atoms. The number of amides is 1. The summed E-state index contributed by atoms with van der Waals surface area (Å²) >= 11 is 2.69. The van der Waals surface area contributed by atoms with Crippen LogP contribution in [0.3, 0.4) is 0 Å². The van der Waals surface area contributed by atoms with Crippen LogP contribution in [0.2, 0.25) is 0 Å². The molecule has 0 saturated heterocycles. The molecule has 2 heterocycles. The average Bonchev–Trinajstić information content (AvgIpc) is 3.02. The fraction of sp³-hybridized carbons (Fsp3) is 0.188. The SMILES string of the molecule is CC[C@@H](Sc1nc2sccc2c(=O)[nH]1)C(=O)Nc1ccccc1. The lowest BCUT2D eigenvalue weighted by molar-refractivity contribution is -0.115. The minimum absolute atomic E-state index is 0.0994. The molecule has 0 fully saturated rings. The molecule has 23 heavy (non-hydrogen) atoms. The maximum atomic E-state index is 12.4. The Morgan fingerprint density at radius 3 is 2.87 bits per heavy atom. The Balaban J connectivity index is 1.77. The Bertz CT molecular complexity index is 874. The zero-order valence-electron chi connectivity index (χ0n) is 12.4. The van der Waals surface area contributed by atoms with E-state index in [1.165, 1.54) is 23.1 Å². The third-order valence-corrected chi connectivity index (χ3v) is 5.33. The van der Waals surface area contributed by atoms with Gasteiger partial charge in [0.15, 0.2) is 5.16 Å². The zero-order valence-corrected chi connectivity index (χ0v) is 14.0. The molecular formula is C16H15N3O2S2. The van der Waals surface area contributed by atoms with Crippen LogP contribution in [0, 0.1) is 0 Å². The molecule has 0 aliphatic carbocycles. The van der Waals surface area contributed by atoms with Crippen molar-refractivity contribution in [2.24, 2.45) is 0 Å². The topological polar surface area (TPSA) is 74.8 Å². The second-order valence-electron chi connectivity index (χ2n) is 4.88. The predicted octanol–water partition coefficient (Wildman–Crippen LogP) is 3.49. The third-order valence-electron chi connectivity index (χ3n) is 3.27. The summed E-state index contributed by atoms with van der Waals surface area (Å²) in [5.41, 5.74) is 0.587. The summed E-state index contributed by atoms with van der Waals surface area (Å²) in [6.45, 7) is 1.93. The third kappa shape index (κ3) is 3.62. The van der Waals surface area contributed by atoms with E-state index in [2.05, 4.69) is 15.3 Å². The van der Waals surface area contributed by atoms with Crippen LogP contribution in [0.15, 0.2) is 51.7 Å². The molecule has 0 aliphatic rings. The number of thiophene rings is 1. The average molecular weight is 345 g/mol. The number of anilines is 1. The van der Waals surface area contributed by atoms with E-state index in [0.29, 0.717) is 21.8 Å². The van der Waals surface area contributed by atoms with Gasteiger partial charge in [0.2, 0.25) is 5.91 Å². The predicted molar refractivity (Wildman–Crippen MR) is 95.2 cm³/mol. The molecule has 5 nitrogen and oxygen atoms in total. The van der Waals surface area contributed by atoms with Crippen molar-refractivity contribution in [2.45, 2.75) is 23.8 Å². The summed E-state index contributed by atoms with van der Waals surface area (Å²) in [5, 5.41) is 5.45. The maximum absolute atomic E-state index is 12.4. The number of benzene rings is 1. The number of thioether (sulfide) groups is 1. The van der Waals surface area contributed by atoms with Crippen LogP contribution in [0.4, 0.5) is 5.69 Å². The lowest BCUT2D eigenvalue weighted by atomic mass is 10.3. The van der Waals surface area contributed by atoms with Gasteiger partial charge in [0.05, 0.1) is 10.6 Å². The summed E-state index contributed by atoms with van der Waals surface area (Å²) < 4.78 is 0. The summed E-state index contributed by atoms with van der Waals surface area (Å²) in [4.78, 5) is 32.2. The molecule has 1 atom stereocenters. The molecule has 3 aromatic rings. The van der Waals surface area contributed by atoms with Gasteiger partial charge < -0.3 is 10.3 Å². The number of aromatic nitrogens is 2. The van der Waals surface area contributed by atoms with Crippen LogP contribution in [-0.4, -0.2) is 21.1 Å². The normalized spacial score (nSPS) is 12.2. The van der Waals surface area contributed by atoms with Crippen LogP contribution < -0.4 is 10.9 Å². The van der Waals surface area contributed by atoms with Crippen molar-refractivity contribution in [3.05, 3.63) is 52.1 Å². The van der Waals surface area contributed by atoms with Gasteiger partial charge in [-0.25, -0.2) is 4.98 Å². The zero-order chi connectivity index (χ0) is 16.2. The van der Waals surface area contributed by atoms with Crippen molar-refractivity contribution in [1.29, 1.82) is 0 Å². The van der Waals surface area contributed by atoms with Gasteiger partial charge in [0, 0.05) is 5.69 Å². The quantitative estimate of drug-likeness (QED) is 0.548. The Hall–Kier alpha value is -2.12. The number of fused-ring (bicyclic) bond motifs is 1. The number of carbonyl (C=O) groups excluding carboxylic acids is 1. The van der Waals surface area contributed by atoms with Crippen molar-refractivity contribution in [3.63, 3.8) is 0 Å². The fourth-order valence-electron chi connectivity index (χ4n) is 2.10. The van der Waals surface area contributed by atoms with Gasteiger partial charge in [-0.05, 0) is 30.0 Å². The van der Waals surface area contributed by atoms with E-state index in [1.807, 2.05) is 42.6 Å². The number of rotatable bonds is 5. The van der Waals surface area contributed by atoms with Crippen LogP contribution in [0.1, 0.15) is 13.3 Å². The lowest BCUT2D eigenvalue weighted by Crippen LogP contribution is -2.25. The summed E-state index contributed by atoms with van der Waals surface area (Å²) in [6, 6.07) is 11.1. The summed E-state index contributed by atoms with van der Waals surface area (Å²) in [5.74, 6) is -0.0994. The first-order chi connectivity index (χ1) is 11.2. The van der Waals surface area contributed by atoms with E-state index in [1.54, 1.807) is 6.07 Å². The number of hydrogen-bond donors (Lipinski definition) is 2. The van der Waals surface area contributed by atoms with E-state index in [-0.39, 0.29) is 16.7 Å². The molecule has 0 saturated carbocycles. The molecule has 3 rings (SSSR count). The fourth-order valence-corrected chi connectivity index (χ4v) is 3.82. The Labute approximate surface area is 141 Å². The molecule has 2 N–H and O–H groups in total. The summed E-state index contributed by atoms with van der Waals surface area (Å²) in [7, 11) is 0. The lowest BCUT2D eigenvalue weighted by Gasteiger charge is -2.14. The van der Waals surface area contributed by atoms with Crippen molar-refractivity contribution in [3.8, 4) is 0 Å². The van der Waals surface area contributed by atoms with Gasteiger partial charge in [-0.2, -0.15) is 0 Å². The van der Waals surface area contributed by atoms with E-state index in [9.17, 15) is 9.59 Å². The first kappa shape index (κ1) is 15.8. The number of nitrogens with one attached hydrogen (secondary N) is 2. The van der Waals surface area contributed by atoms with Gasteiger partial charge >= 0.3 is 0 Å². The van der Waals surface area contributed by atoms with E-state index < -0.39 is 0 Å². The monoisotopic (exact) mass is 345 g/mol. The van der Waals surface area contributed by atoms with E-state index in [4.69, 9.17) is 0 Å². The van der Waals surface area contributed by atoms with Gasteiger partial charge in [0.25, 0.3) is 5.56 Å². The van der Waals surface area contributed by atoms with Crippen molar-refractivity contribution >= 4 is 44.9 Å². The Kier molecular flexibility index (Phi) is 4.78.